The van der Waals surface area contributed by atoms with Crippen molar-refractivity contribution in [1.29, 1.82) is 0 Å². The molecule has 0 aliphatic rings. The monoisotopic (exact) mass is 479 g/mol. The molecule has 0 amide bonds. The molecule has 0 bridgehead atoms. The van der Waals surface area contributed by atoms with Gasteiger partial charge in [0.2, 0.25) is 0 Å². The molecule has 2 heterocycles. The summed E-state index contributed by atoms with van der Waals surface area (Å²) >= 11 is 0. The molecule has 0 aliphatic carbocycles. The molecule has 0 atom stereocenters. The normalized spacial score (nSPS) is 10.1. The molecule has 1 aromatic carbocycles. The van der Waals surface area contributed by atoms with Gasteiger partial charge in [0.15, 0.2) is 0 Å². The first-order valence-electron chi connectivity index (χ1n) is 5.77. The third-order valence-corrected chi connectivity index (χ3v) is 2.34. The number of hydrogen-bond donors (Lipinski definition) is 0. The molecule has 155 valence electrons. The molecule has 0 saturated carbocycles. The average molecular weight is 481 g/mol. The van der Waals surface area contributed by atoms with E-state index in [4.69, 9.17) is 37.3 Å². The maximum Gasteiger partial charge on any atom is 2.00 e. The number of pyridine rings is 2. The van der Waals surface area contributed by atoms with E-state index in [1.807, 2.05) is 12.1 Å². The molecule has 15 heteroatoms. The van der Waals surface area contributed by atoms with E-state index in [1.54, 1.807) is 12.4 Å². The molecular weight excluding hydrogens is 467 g/mol. The van der Waals surface area contributed by atoms with E-state index in [0.29, 0.717) is 0 Å². The summed E-state index contributed by atoms with van der Waals surface area (Å²) in [5.41, 5.74) is 1.95. The van der Waals surface area contributed by atoms with Crippen molar-refractivity contribution in [2.45, 2.75) is 0 Å². The van der Waals surface area contributed by atoms with E-state index in [0.717, 1.165) is 21.8 Å². The van der Waals surface area contributed by atoms with Crippen molar-refractivity contribution >= 4 is 21.8 Å². The van der Waals surface area contributed by atoms with E-state index in [-0.39, 0.29) is 28.0 Å². The van der Waals surface area contributed by atoms with Crippen LogP contribution < -0.4 is 37.3 Å². The van der Waals surface area contributed by atoms with Crippen LogP contribution in [0.1, 0.15) is 0 Å². The van der Waals surface area contributed by atoms with Gasteiger partial charge in [0.1, 0.15) is 0 Å². The zero-order valence-electron chi connectivity index (χ0n) is 13.0. The van der Waals surface area contributed by atoms with Crippen LogP contribution in [0.15, 0.2) is 48.8 Å². The van der Waals surface area contributed by atoms with Crippen molar-refractivity contribution in [2.75, 3.05) is 0 Å². The fourth-order valence-corrected chi connectivity index (χ4v) is 1.68. The summed E-state index contributed by atoms with van der Waals surface area (Å²) in [4.78, 5) is 8.69. The molecule has 3 aromatic rings. The standard InChI is InChI=1S/C12H8N2.2ClHO4.Cu.2H2O/c1-3-9-5-6-10-4-2-8-14-12(10)11(9)13-7-1;2*2-1(3,4)5;;;/h1-8H;2*(H,2,3,4,5);;2*1H2/q;;;+2;;. The van der Waals surface area contributed by atoms with Crippen LogP contribution >= 0.6 is 0 Å². The van der Waals surface area contributed by atoms with Gasteiger partial charge in [-0.3, -0.25) is 9.97 Å². The number of hydrogen-bond acceptors (Lipinski definition) is 10. The fraction of sp³-hybridized carbons (Fsp3) is 0. The van der Waals surface area contributed by atoms with Crippen LogP contribution in [0, 0.1) is 20.5 Å². The summed E-state index contributed by atoms with van der Waals surface area (Å²) in [6.45, 7) is 0. The third-order valence-electron chi connectivity index (χ3n) is 2.34. The molecule has 0 fully saturated rings. The molecule has 0 saturated heterocycles. The van der Waals surface area contributed by atoms with E-state index in [9.17, 15) is 0 Å². The average Bonchev–Trinajstić information content (AvgIpc) is 2.44. The first kappa shape index (κ1) is 30.5. The van der Waals surface area contributed by atoms with E-state index >= 15 is 0 Å². The van der Waals surface area contributed by atoms with Gasteiger partial charge in [0.25, 0.3) is 0 Å². The Labute approximate surface area is 166 Å². The largest absolute Gasteiger partial charge is 2.00 e. The number of rotatable bonds is 0. The number of aromatic nitrogens is 2. The second-order valence-corrected chi connectivity index (χ2v) is 5.48. The molecule has 27 heavy (non-hydrogen) atoms. The Hall–Kier alpha value is -1.26. The number of benzene rings is 1. The van der Waals surface area contributed by atoms with Crippen molar-refractivity contribution in [2.24, 2.45) is 0 Å². The maximum atomic E-state index is 8.49. The maximum absolute atomic E-state index is 8.49. The molecule has 2 aromatic heterocycles. The number of fused-ring (bicyclic) bond motifs is 3. The minimum atomic E-state index is -4.94. The van der Waals surface area contributed by atoms with Crippen LogP contribution in [-0.2, 0) is 28.0 Å². The molecule has 1 radical (unpaired) electrons. The zero-order chi connectivity index (χ0) is 18.4. The molecule has 0 spiro atoms. The van der Waals surface area contributed by atoms with Crippen LogP contribution in [0.2, 0.25) is 0 Å². The third kappa shape index (κ3) is 14.5. The first-order chi connectivity index (χ1) is 10.9. The molecule has 6 N–H and O–H groups in total. The Bertz CT molecular complexity index is 721. The van der Waals surface area contributed by atoms with Crippen LogP contribution in [0.4, 0.5) is 0 Å². The Morgan fingerprint density at radius 1 is 0.556 bits per heavy atom. The summed E-state index contributed by atoms with van der Waals surface area (Å²) in [6, 6.07) is 12.1. The second-order valence-electron chi connectivity index (χ2n) is 3.97. The molecule has 0 aliphatic heterocycles. The van der Waals surface area contributed by atoms with Gasteiger partial charge in [0.05, 0.1) is 11.0 Å². The van der Waals surface area contributed by atoms with Crippen molar-refractivity contribution < 1.29 is 85.8 Å². The van der Waals surface area contributed by atoms with Crippen molar-refractivity contribution in [3.05, 3.63) is 48.8 Å². The minimum absolute atomic E-state index is 0. The van der Waals surface area contributed by atoms with Gasteiger partial charge < -0.3 is 11.0 Å². The van der Waals surface area contributed by atoms with Gasteiger partial charge in [-0.1, -0.05) is 24.3 Å². The molecule has 12 nitrogen and oxygen atoms in total. The van der Waals surface area contributed by atoms with Crippen molar-refractivity contribution in [3.63, 3.8) is 0 Å². The van der Waals surface area contributed by atoms with Gasteiger partial charge in [-0.05, 0) is 12.1 Å². The van der Waals surface area contributed by atoms with E-state index in [1.165, 1.54) is 0 Å². The Morgan fingerprint density at radius 3 is 1.07 bits per heavy atom. The van der Waals surface area contributed by atoms with E-state index < -0.39 is 20.5 Å². The molecule has 3 rings (SSSR count). The SMILES string of the molecule is [Cu+2].[O-][Cl+3]([O-])([O-])[O-].[O-][Cl+3]([O-])([O-])[O-].[OH3+].[OH3+].c1cnc2c(c1)ccc1cccnc12. The van der Waals surface area contributed by atoms with Crippen LogP contribution in [0.3, 0.4) is 0 Å². The van der Waals surface area contributed by atoms with Gasteiger partial charge in [0, 0.05) is 23.2 Å². The smallest absolute Gasteiger partial charge is 0.457 e. The Kier molecular flexibility index (Phi) is 14.7. The molecular formula is C12H14Cl2CuN2O10+2. The van der Waals surface area contributed by atoms with Crippen molar-refractivity contribution in [1.82, 2.24) is 9.97 Å². The van der Waals surface area contributed by atoms with Crippen molar-refractivity contribution in [3.8, 4) is 0 Å². The summed E-state index contributed by atoms with van der Waals surface area (Å²) < 4.78 is 67.9. The Morgan fingerprint density at radius 2 is 0.815 bits per heavy atom. The predicted molar refractivity (Wildman–Crippen MR) is 66.8 cm³/mol. The number of halogens is 2. The summed E-state index contributed by atoms with van der Waals surface area (Å²) in [7, 11) is -9.89. The van der Waals surface area contributed by atoms with Gasteiger partial charge >= 0.3 is 17.1 Å². The summed E-state index contributed by atoms with van der Waals surface area (Å²) in [5.74, 6) is 0. The van der Waals surface area contributed by atoms with Gasteiger partial charge in [-0.25, -0.2) is 37.3 Å². The van der Waals surface area contributed by atoms with Crippen LogP contribution in [0.5, 0.6) is 0 Å². The van der Waals surface area contributed by atoms with Crippen LogP contribution in [-0.4, -0.2) is 9.97 Å². The molecule has 0 unspecified atom stereocenters. The van der Waals surface area contributed by atoms with Crippen LogP contribution in [0.25, 0.3) is 21.8 Å². The topological polar surface area (TPSA) is 276 Å². The quantitative estimate of drug-likeness (QED) is 0.166. The second kappa shape index (κ2) is 13.0. The Balaban J connectivity index is -0.000000383. The van der Waals surface area contributed by atoms with Gasteiger partial charge in [-0.2, -0.15) is 0 Å². The predicted octanol–water partition coefficient (Wildman–Crippen LogP) is -8.58. The van der Waals surface area contributed by atoms with E-state index in [2.05, 4.69) is 34.2 Å². The number of nitrogens with zero attached hydrogens (tertiary/aromatic N) is 2. The minimum Gasteiger partial charge on any atom is -0.457 e. The summed E-state index contributed by atoms with van der Waals surface area (Å²) in [5, 5.41) is 2.28. The zero-order valence-corrected chi connectivity index (χ0v) is 15.4. The van der Waals surface area contributed by atoms with Gasteiger partial charge in [-0.15, -0.1) is 20.5 Å². The first-order valence-corrected chi connectivity index (χ1v) is 8.24. The fourth-order valence-electron chi connectivity index (χ4n) is 1.68. The summed E-state index contributed by atoms with van der Waals surface area (Å²) in [6.07, 6.45) is 3.60.